The summed E-state index contributed by atoms with van der Waals surface area (Å²) >= 11 is 7.74. The van der Waals surface area contributed by atoms with Crippen molar-refractivity contribution < 1.29 is 9.47 Å². The molecule has 0 amide bonds. The number of halogens is 1. The molecule has 0 fully saturated rings. The average Bonchev–Trinajstić information content (AvgIpc) is 3.27. The number of pyridine rings is 1. The van der Waals surface area contributed by atoms with Crippen molar-refractivity contribution in [3.05, 3.63) is 69.6 Å². The molecular weight excluding hydrogens is 418 g/mol. The minimum Gasteiger partial charge on any atom is -0.493 e. The van der Waals surface area contributed by atoms with Gasteiger partial charge < -0.3 is 9.47 Å². The first-order valence-electron chi connectivity index (χ1n) is 8.98. The van der Waals surface area contributed by atoms with Crippen LogP contribution in [0.3, 0.4) is 0 Å². The molecule has 0 aliphatic rings. The maximum absolute atomic E-state index is 9.72. The minimum absolute atomic E-state index is 0.345. The second-order valence-electron chi connectivity index (χ2n) is 6.34. The maximum atomic E-state index is 9.72. The quantitative estimate of drug-likeness (QED) is 0.281. The Balaban J connectivity index is 1.71. The number of aromatic nitrogens is 2. The van der Waals surface area contributed by atoms with Gasteiger partial charge in [0, 0.05) is 21.9 Å². The number of methoxy groups -OCH3 is 2. The topological polar surface area (TPSA) is 68.0 Å². The van der Waals surface area contributed by atoms with Crippen LogP contribution in [0.2, 0.25) is 5.15 Å². The summed E-state index contributed by atoms with van der Waals surface area (Å²) in [5.74, 6) is 1.27. The van der Waals surface area contributed by atoms with Gasteiger partial charge in [-0.15, -0.1) is 11.3 Å². The number of para-hydroxylation sites is 1. The van der Waals surface area contributed by atoms with Crippen molar-refractivity contribution in [3.8, 4) is 28.8 Å². The van der Waals surface area contributed by atoms with Crippen LogP contribution in [0, 0.1) is 11.3 Å². The molecule has 2 heterocycles. The third-order valence-electron chi connectivity index (χ3n) is 4.54. The highest BCUT2D eigenvalue weighted by Crippen LogP contribution is 2.34. The molecule has 4 rings (SSSR count). The van der Waals surface area contributed by atoms with E-state index in [1.165, 1.54) is 11.3 Å². The molecule has 0 saturated carbocycles. The predicted molar refractivity (Wildman–Crippen MR) is 121 cm³/mol. The number of thiazole rings is 1. The molecule has 2 aromatic carbocycles. The monoisotopic (exact) mass is 433 g/mol. The van der Waals surface area contributed by atoms with E-state index in [2.05, 4.69) is 16.0 Å². The zero-order chi connectivity index (χ0) is 21.1. The van der Waals surface area contributed by atoms with E-state index in [1.54, 1.807) is 20.3 Å². The largest absolute Gasteiger partial charge is 0.493 e. The number of nitrogens with zero attached hydrogens (tertiary/aromatic N) is 3. The standard InChI is InChI=1S/C23H16ClN3O2S/c1-28-20-8-7-15(11-21(20)29-2)19-13-30-23(27-19)17(12-25)10-16-9-14-5-3-4-6-18(14)26-22(16)24/h3-11,13H,1-2H3. The fourth-order valence-corrected chi connectivity index (χ4v) is 4.03. The van der Waals surface area contributed by atoms with Crippen molar-refractivity contribution in [3.63, 3.8) is 0 Å². The van der Waals surface area contributed by atoms with Gasteiger partial charge in [-0.3, -0.25) is 0 Å². The van der Waals surface area contributed by atoms with Gasteiger partial charge >= 0.3 is 0 Å². The van der Waals surface area contributed by atoms with Crippen molar-refractivity contribution in [2.45, 2.75) is 0 Å². The molecule has 2 aromatic heterocycles. The van der Waals surface area contributed by atoms with Crippen LogP contribution in [0.15, 0.2) is 53.9 Å². The number of hydrogen-bond acceptors (Lipinski definition) is 6. The van der Waals surface area contributed by atoms with Crippen LogP contribution >= 0.6 is 22.9 Å². The first-order chi connectivity index (χ1) is 14.6. The third kappa shape index (κ3) is 3.86. The Kier molecular flexibility index (Phi) is 5.66. The lowest BCUT2D eigenvalue weighted by atomic mass is 10.1. The van der Waals surface area contributed by atoms with Crippen molar-refractivity contribution in [1.82, 2.24) is 9.97 Å². The van der Waals surface area contributed by atoms with Gasteiger partial charge in [-0.25, -0.2) is 9.97 Å². The molecule has 4 aromatic rings. The van der Waals surface area contributed by atoms with E-state index in [1.807, 2.05) is 53.9 Å². The second kappa shape index (κ2) is 8.54. The highest BCUT2D eigenvalue weighted by atomic mass is 35.5. The van der Waals surface area contributed by atoms with Gasteiger partial charge in [0.15, 0.2) is 11.5 Å². The van der Waals surface area contributed by atoms with E-state index < -0.39 is 0 Å². The Hall–Kier alpha value is -3.40. The number of ether oxygens (including phenoxy) is 2. The Morgan fingerprint density at radius 2 is 1.87 bits per heavy atom. The van der Waals surface area contributed by atoms with Crippen molar-refractivity contribution in [2.24, 2.45) is 0 Å². The van der Waals surface area contributed by atoms with Crippen molar-refractivity contribution in [2.75, 3.05) is 14.2 Å². The van der Waals surface area contributed by atoms with Crippen LogP contribution in [0.25, 0.3) is 33.8 Å². The van der Waals surface area contributed by atoms with E-state index >= 15 is 0 Å². The average molecular weight is 434 g/mol. The summed E-state index contributed by atoms with van der Waals surface area (Å²) in [6, 6.07) is 17.4. The maximum Gasteiger partial charge on any atom is 0.161 e. The number of nitriles is 1. The molecule has 0 aliphatic carbocycles. The number of rotatable bonds is 5. The van der Waals surface area contributed by atoms with Crippen LogP contribution < -0.4 is 9.47 Å². The molecule has 0 aliphatic heterocycles. The fraction of sp³-hybridized carbons (Fsp3) is 0.0870. The molecule has 0 N–H and O–H groups in total. The summed E-state index contributed by atoms with van der Waals surface area (Å²) in [6.07, 6.45) is 1.72. The Bertz CT molecular complexity index is 1310. The number of allylic oxidation sites excluding steroid dienone is 1. The minimum atomic E-state index is 0.345. The van der Waals surface area contributed by atoms with E-state index in [0.29, 0.717) is 32.8 Å². The normalized spacial score (nSPS) is 11.3. The van der Waals surface area contributed by atoms with Crippen molar-refractivity contribution in [1.29, 1.82) is 5.26 Å². The summed E-state index contributed by atoms with van der Waals surface area (Å²) < 4.78 is 10.6. The van der Waals surface area contributed by atoms with Gasteiger partial charge in [-0.2, -0.15) is 5.26 Å². The van der Waals surface area contributed by atoms with E-state index in [9.17, 15) is 5.26 Å². The Morgan fingerprint density at radius 1 is 1.07 bits per heavy atom. The molecule has 0 radical (unpaired) electrons. The van der Waals surface area contributed by atoms with E-state index in [-0.39, 0.29) is 0 Å². The van der Waals surface area contributed by atoms with Gasteiger partial charge in [0.2, 0.25) is 0 Å². The van der Waals surface area contributed by atoms with Crippen molar-refractivity contribution >= 4 is 45.5 Å². The Labute approximate surface area is 182 Å². The lowest BCUT2D eigenvalue weighted by Crippen LogP contribution is -1.91. The summed E-state index contributed by atoms with van der Waals surface area (Å²) in [4.78, 5) is 9.05. The Morgan fingerprint density at radius 3 is 2.63 bits per heavy atom. The van der Waals surface area contributed by atoms with Gasteiger partial charge in [-0.1, -0.05) is 29.8 Å². The number of fused-ring (bicyclic) bond motifs is 1. The van der Waals surface area contributed by atoms with Crippen LogP contribution in [-0.2, 0) is 0 Å². The molecule has 0 bridgehead atoms. The van der Waals surface area contributed by atoms with E-state index in [4.69, 9.17) is 21.1 Å². The van der Waals surface area contributed by atoms with E-state index in [0.717, 1.165) is 22.2 Å². The summed E-state index contributed by atoms with van der Waals surface area (Å²) in [7, 11) is 3.18. The highest BCUT2D eigenvalue weighted by Gasteiger charge is 2.13. The molecule has 148 valence electrons. The molecule has 0 saturated heterocycles. The first kappa shape index (κ1) is 19.9. The zero-order valence-corrected chi connectivity index (χ0v) is 17.8. The second-order valence-corrected chi connectivity index (χ2v) is 7.55. The first-order valence-corrected chi connectivity index (χ1v) is 10.2. The van der Waals surface area contributed by atoms with Gasteiger partial charge in [0.1, 0.15) is 16.2 Å². The molecule has 5 nitrogen and oxygen atoms in total. The molecule has 30 heavy (non-hydrogen) atoms. The fourth-order valence-electron chi connectivity index (χ4n) is 3.03. The molecule has 7 heteroatoms. The number of hydrogen-bond donors (Lipinski definition) is 0. The van der Waals surface area contributed by atoms with Gasteiger partial charge in [-0.05, 0) is 36.4 Å². The van der Waals surface area contributed by atoms with Crippen LogP contribution in [0.5, 0.6) is 11.5 Å². The molecule has 0 atom stereocenters. The summed E-state index contributed by atoms with van der Waals surface area (Å²) in [5.41, 5.74) is 3.53. The summed E-state index contributed by atoms with van der Waals surface area (Å²) in [6.45, 7) is 0. The molecular formula is C23H16ClN3O2S. The van der Waals surface area contributed by atoms with Crippen LogP contribution in [-0.4, -0.2) is 24.2 Å². The summed E-state index contributed by atoms with van der Waals surface area (Å²) in [5, 5.41) is 13.5. The molecule has 0 spiro atoms. The van der Waals surface area contributed by atoms with Gasteiger partial charge in [0.05, 0.1) is 31.0 Å². The smallest absolute Gasteiger partial charge is 0.161 e. The van der Waals surface area contributed by atoms with Gasteiger partial charge in [0.25, 0.3) is 0 Å². The van der Waals surface area contributed by atoms with Crippen LogP contribution in [0.1, 0.15) is 10.6 Å². The lowest BCUT2D eigenvalue weighted by molar-refractivity contribution is 0.355. The SMILES string of the molecule is COc1ccc(-c2csc(C(C#N)=Cc3cc4ccccc4nc3Cl)n2)cc1OC. The number of benzene rings is 2. The molecule has 0 unspecified atom stereocenters. The zero-order valence-electron chi connectivity index (χ0n) is 16.2. The van der Waals surface area contributed by atoms with Crippen LogP contribution in [0.4, 0.5) is 0 Å². The predicted octanol–water partition coefficient (Wildman–Crippen LogP) is 6.09. The lowest BCUT2D eigenvalue weighted by Gasteiger charge is -2.08. The highest BCUT2D eigenvalue weighted by molar-refractivity contribution is 7.11. The third-order valence-corrected chi connectivity index (χ3v) is 5.72.